The minimum Gasteiger partial charge on any atom is -0.481 e. The quantitative estimate of drug-likeness (QED) is 0.589. The van der Waals surface area contributed by atoms with Crippen LogP contribution in [0.3, 0.4) is 0 Å². The summed E-state index contributed by atoms with van der Waals surface area (Å²) in [6.07, 6.45) is 3.73. The molecule has 1 saturated heterocycles. The summed E-state index contributed by atoms with van der Waals surface area (Å²) >= 11 is 0. The van der Waals surface area contributed by atoms with Crippen LogP contribution in [0.25, 0.3) is 0 Å². The molecule has 1 aliphatic heterocycles. The Hall–Kier alpha value is -1.40. The van der Waals surface area contributed by atoms with Crippen molar-refractivity contribution in [1.82, 2.24) is 5.32 Å². The van der Waals surface area contributed by atoms with E-state index in [0.717, 1.165) is 0 Å². The number of nitrogens with two attached hydrogens (primary N) is 1. The molecule has 2 aliphatic rings. The van der Waals surface area contributed by atoms with Crippen molar-refractivity contribution in [1.29, 1.82) is 0 Å². The van der Waals surface area contributed by atoms with E-state index in [1.807, 2.05) is 0 Å². The molecule has 6 nitrogen and oxygen atoms in total. The maximum absolute atomic E-state index is 12.2. The number of carboxylic acid groups (broad SMARTS) is 1. The fourth-order valence-corrected chi connectivity index (χ4v) is 2.25. The zero-order valence-electron chi connectivity index (χ0n) is 10.3. The summed E-state index contributed by atoms with van der Waals surface area (Å²) < 4.78 is 5.22. The van der Waals surface area contributed by atoms with Crippen molar-refractivity contribution in [3.63, 3.8) is 0 Å². The molecular formula is C12H18N2O4. The highest BCUT2D eigenvalue weighted by atomic mass is 16.5. The summed E-state index contributed by atoms with van der Waals surface area (Å²) in [5.74, 6) is -1.56. The van der Waals surface area contributed by atoms with E-state index in [-0.39, 0.29) is 18.0 Å². The van der Waals surface area contributed by atoms with E-state index in [2.05, 4.69) is 5.32 Å². The predicted octanol–water partition coefficient (Wildman–Crippen LogP) is -0.504. The van der Waals surface area contributed by atoms with Crippen LogP contribution in [-0.4, -0.2) is 42.3 Å². The van der Waals surface area contributed by atoms with Crippen molar-refractivity contribution in [2.24, 2.45) is 17.1 Å². The smallest absolute Gasteiger partial charge is 0.310 e. The molecule has 1 heterocycles. The lowest BCUT2D eigenvalue weighted by Gasteiger charge is -2.27. The van der Waals surface area contributed by atoms with Crippen LogP contribution in [0.15, 0.2) is 12.2 Å². The van der Waals surface area contributed by atoms with Crippen molar-refractivity contribution < 1.29 is 19.4 Å². The molecule has 100 valence electrons. The molecule has 18 heavy (non-hydrogen) atoms. The van der Waals surface area contributed by atoms with Gasteiger partial charge in [-0.2, -0.15) is 0 Å². The zero-order valence-corrected chi connectivity index (χ0v) is 10.3. The molecule has 2 rings (SSSR count). The standard InChI is InChI=1S/C12H18N2O4/c1-12(6-18-5-9(12)13)11(17)14-8-3-2-7(4-8)10(15)16/h2-3,7-9H,4-6,13H2,1H3,(H,14,17)(H,15,16). The van der Waals surface area contributed by atoms with Gasteiger partial charge in [-0.05, 0) is 13.3 Å². The molecule has 0 saturated carbocycles. The van der Waals surface area contributed by atoms with Gasteiger partial charge in [0.05, 0.1) is 24.5 Å². The van der Waals surface area contributed by atoms with E-state index >= 15 is 0 Å². The average Bonchev–Trinajstić information content (AvgIpc) is 2.88. The maximum atomic E-state index is 12.2. The maximum Gasteiger partial charge on any atom is 0.310 e. The summed E-state index contributed by atoms with van der Waals surface area (Å²) in [5, 5.41) is 11.7. The van der Waals surface area contributed by atoms with Crippen LogP contribution < -0.4 is 11.1 Å². The Morgan fingerprint density at radius 2 is 2.22 bits per heavy atom. The molecule has 0 aromatic heterocycles. The third-order valence-corrected chi connectivity index (χ3v) is 3.75. The minimum absolute atomic E-state index is 0.173. The molecule has 6 heteroatoms. The Kier molecular flexibility index (Phi) is 3.41. The van der Waals surface area contributed by atoms with Crippen molar-refractivity contribution in [2.75, 3.05) is 13.2 Å². The summed E-state index contributed by atoms with van der Waals surface area (Å²) in [6.45, 7) is 2.45. The van der Waals surface area contributed by atoms with Crippen LogP contribution in [-0.2, 0) is 14.3 Å². The van der Waals surface area contributed by atoms with Gasteiger partial charge in [0.15, 0.2) is 0 Å². The van der Waals surface area contributed by atoms with Crippen molar-refractivity contribution in [2.45, 2.75) is 25.4 Å². The van der Waals surface area contributed by atoms with E-state index in [1.165, 1.54) is 0 Å². The van der Waals surface area contributed by atoms with Crippen LogP contribution in [0.4, 0.5) is 0 Å². The zero-order chi connectivity index (χ0) is 13.3. The van der Waals surface area contributed by atoms with E-state index in [0.29, 0.717) is 19.6 Å². The van der Waals surface area contributed by atoms with E-state index < -0.39 is 17.3 Å². The summed E-state index contributed by atoms with van der Waals surface area (Å²) in [6, 6.07) is -0.554. The molecule has 4 atom stereocenters. The van der Waals surface area contributed by atoms with Gasteiger partial charge < -0.3 is 20.9 Å². The molecule has 4 N–H and O–H groups in total. The number of carbonyl (C=O) groups excluding carboxylic acids is 1. The second-order valence-electron chi connectivity index (χ2n) is 5.18. The number of amides is 1. The summed E-state index contributed by atoms with van der Waals surface area (Å²) in [7, 11) is 0. The fraction of sp³-hybridized carbons (Fsp3) is 0.667. The molecular weight excluding hydrogens is 236 g/mol. The Balaban J connectivity index is 1.93. The second kappa shape index (κ2) is 4.70. The normalized spacial score (nSPS) is 38.9. The molecule has 1 amide bonds. The first-order valence-corrected chi connectivity index (χ1v) is 5.99. The molecule has 1 aliphatic carbocycles. The topological polar surface area (TPSA) is 102 Å². The number of rotatable bonds is 3. The number of hydrogen-bond acceptors (Lipinski definition) is 4. The third-order valence-electron chi connectivity index (χ3n) is 3.75. The van der Waals surface area contributed by atoms with Gasteiger partial charge in [-0.3, -0.25) is 9.59 Å². The second-order valence-corrected chi connectivity index (χ2v) is 5.18. The Labute approximate surface area is 105 Å². The molecule has 0 aromatic carbocycles. The van der Waals surface area contributed by atoms with Gasteiger partial charge in [-0.15, -0.1) is 0 Å². The first-order chi connectivity index (χ1) is 8.43. The van der Waals surface area contributed by atoms with E-state index in [4.69, 9.17) is 15.6 Å². The number of carboxylic acids is 1. The lowest BCUT2D eigenvalue weighted by atomic mass is 9.84. The van der Waals surface area contributed by atoms with Crippen LogP contribution in [0.2, 0.25) is 0 Å². The minimum atomic E-state index is -0.866. The first kappa shape index (κ1) is 13.0. The largest absolute Gasteiger partial charge is 0.481 e. The molecule has 0 spiro atoms. The third kappa shape index (κ3) is 2.26. The number of hydrogen-bond donors (Lipinski definition) is 3. The van der Waals surface area contributed by atoms with Crippen LogP contribution in [0.5, 0.6) is 0 Å². The number of nitrogens with one attached hydrogen (secondary N) is 1. The van der Waals surface area contributed by atoms with Gasteiger partial charge in [0.2, 0.25) is 5.91 Å². The van der Waals surface area contributed by atoms with Crippen LogP contribution >= 0.6 is 0 Å². The van der Waals surface area contributed by atoms with Crippen LogP contribution in [0, 0.1) is 11.3 Å². The highest BCUT2D eigenvalue weighted by Crippen LogP contribution is 2.28. The van der Waals surface area contributed by atoms with E-state index in [9.17, 15) is 9.59 Å². The van der Waals surface area contributed by atoms with Crippen molar-refractivity contribution in [3.05, 3.63) is 12.2 Å². The molecule has 0 bridgehead atoms. The highest BCUT2D eigenvalue weighted by Gasteiger charge is 2.45. The fourth-order valence-electron chi connectivity index (χ4n) is 2.25. The van der Waals surface area contributed by atoms with Gasteiger partial charge in [0, 0.05) is 12.1 Å². The van der Waals surface area contributed by atoms with Crippen LogP contribution in [0.1, 0.15) is 13.3 Å². The van der Waals surface area contributed by atoms with Gasteiger partial charge in [-0.1, -0.05) is 12.2 Å². The average molecular weight is 254 g/mol. The van der Waals surface area contributed by atoms with Crippen molar-refractivity contribution in [3.8, 4) is 0 Å². The van der Waals surface area contributed by atoms with Gasteiger partial charge in [-0.25, -0.2) is 0 Å². The highest BCUT2D eigenvalue weighted by molar-refractivity contribution is 5.84. The Morgan fingerprint density at radius 3 is 2.72 bits per heavy atom. The molecule has 4 unspecified atom stereocenters. The molecule has 0 radical (unpaired) electrons. The first-order valence-electron chi connectivity index (χ1n) is 5.99. The lowest BCUT2D eigenvalue weighted by Crippen LogP contribution is -2.52. The predicted molar refractivity (Wildman–Crippen MR) is 63.7 cm³/mol. The van der Waals surface area contributed by atoms with Gasteiger partial charge in [0.1, 0.15) is 0 Å². The summed E-state index contributed by atoms with van der Waals surface area (Å²) in [4.78, 5) is 23.0. The lowest BCUT2D eigenvalue weighted by molar-refractivity contribution is -0.140. The molecule has 1 fully saturated rings. The van der Waals surface area contributed by atoms with Gasteiger partial charge in [0.25, 0.3) is 0 Å². The Bertz CT molecular complexity index is 396. The monoisotopic (exact) mass is 254 g/mol. The van der Waals surface area contributed by atoms with Gasteiger partial charge >= 0.3 is 5.97 Å². The van der Waals surface area contributed by atoms with Crippen molar-refractivity contribution >= 4 is 11.9 Å². The Morgan fingerprint density at radius 1 is 1.50 bits per heavy atom. The molecule has 0 aromatic rings. The number of aliphatic carboxylic acids is 1. The SMILES string of the molecule is CC1(C(=O)NC2C=CC(C(=O)O)C2)COCC1N. The van der Waals surface area contributed by atoms with E-state index in [1.54, 1.807) is 19.1 Å². The number of carbonyl (C=O) groups is 2. The number of ether oxygens (including phenoxy) is 1. The summed E-state index contributed by atoms with van der Waals surface area (Å²) in [5.41, 5.74) is 5.14.